The van der Waals surface area contributed by atoms with E-state index in [4.69, 9.17) is 0 Å². The van der Waals surface area contributed by atoms with Crippen molar-refractivity contribution in [1.82, 2.24) is 19.7 Å². The van der Waals surface area contributed by atoms with Crippen molar-refractivity contribution in [3.05, 3.63) is 31.6 Å². The first-order chi connectivity index (χ1) is 7.13. The number of aromatic nitrogens is 6. The van der Waals surface area contributed by atoms with Gasteiger partial charge >= 0.3 is 0 Å². The zero-order chi connectivity index (χ0) is 11.3. The Balaban J connectivity index is 0.000000267. The highest BCUT2D eigenvalue weighted by atomic mass is 15.5. The van der Waals surface area contributed by atoms with Crippen molar-refractivity contribution in [3.63, 3.8) is 0 Å². The second kappa shape index (κ2) is 6.49. The van der Waals surface area contributed by atoms with Crippen LogP contribution in [0.5, 0.6) is 0 Å². The highest BCUT2D eigenvalue weighted by molar-refractivity contribution is 5.09. The van der Waals surface area contributed by atoms with E-state index in [2.05, 4.69) is 16.8 Å². The summed E-state index contributed by atoms with van der Waals surface area (Å²) >= 11 is 0. The van der Waals surface area contributed by atoms with Crippen LogP contribution in [0.25, 0.3) is 6.20 Å². The molecule has 2 aromatic rings. The largest absolute Gasteiger partial charge is 0.265 e. The summed E-state index contributed by atoms with van der Waals surface area (Å²) in [5.41, 5.74) is 0. The zero-order valence-electron chi connectivity index (χ0n) is 9.28. The van der Waals surface area contributed by atoms with E-state index in [0.29, 0.717) is 0 Å². The maximum absolute atomic E-state index is 3.90. The third-order valence-electron chi connectivity index (χ3n) is 1.83. The quantitative estimate of drug-likeness (QED) is 0.624. The zero-order valence-corrected chi connectivity index (χ0v) is 9.28. The molecule has 0 spiro atoms. The van der Waals surface area contributed by atoms with Crippen LogP contribution in [0.3, 0.4) is 0 Å². The number of nitrogens with zero attached hydrogens (tertiary/aromatic N) is 6. The maximum atomic E-state index is 3.90. The molecule has 0 bridgehead atoms. The molecule has 0 atom stereocenters. The van der Waals surface area contributed by atoms with Crippen molar-refractivity contribution in [2.45, 2.75) is 7.43 Å². The molecule has 0 saturated carbocycles. The number of hydrogen-bond donors (Lipinski definition) is 0. The van der Waals surface area contributed by atoms with Gasteiger partial charge in [0, 0.05) is 10.2 Å². The van der Waals surface area contributed by atoms with Crippen molar-refractivity contribution in [1.29, 1.82) is 0 Å². The van der Waals surface area contributed by atoms with Gasteiger partial charge in [-0.15, -0.1) is 0 Å². The SMILES string of the molecule is C.C=Cn1c[n+](C)cn1.Cn1ncc[n+]1C. The van der Waals surface area contributed by atoms with E-state index in [1.165, 1.54) is 0 Å². The van der Waals surface area contributed by atoms with E-state index < -0.39 is 0 Å². The molecule has 6 nitrogen and oxygen atoms in total. The molecule has 0 aromatic carbocycles. The number of rotatable bonds is 1. The molecular formula is C10H20N6+2. The molecule has 0 saturated heterocycles. The van der Waals surface area contributed by atoms with Crippen molar-refractivity contribution < 1.29 is 9.25 Å². The molecule has 0 aliphatic carbocycles. The minimum absolute atomic E-state index is 0. The summed E-state index contributed by atoms with van der Waals surface area (Å²) < 4.78 is 5.38. The Kier molecular flexibility index (Phi) is 5.69. The van der Waals surface area contributed by atoms with Gasteiger partial charge in [-0.1, -0.05) is 18.7 Å². The van der Waals surface area contributed by atoms with Gasteiger partial charge in [-0.2, -0.15) is 4.68 Å². The molecule has 2 heterocycles. The van der Waals surface area contributed by atoms with Crippen LogP contribution in [-0.2, 0) is 21.1 Å². The van der Waals surface area contributed by atoms with Gasteiger partial charge in [0.25, 0.3) is 6.33 Å². The average molecular weight is 224 g/mol. The van der Waals surface area contributed by atoms with E-state index >= 15 is 0 Å². The van der Waals surface area contributed by atoms with Crippen LogP contribution in [0.15, 0.2) is 31.6 Å². The summed E-state index contributed by atoms with van der Waals surface area (Å²) in [6.07, 6.45) is 8.81. The normalized spacial score (nSPS) is 8.69. The van der Waals surface area contributed by atoms with Gasteiger partial charge in [0.1, 0.15) is 7.05 Å². The molecule has 0 amide bonds. The molecule has 0 fully saturated rings. The van der Waals surface area contributed by atoms with E-state index in [9.17, 15) is 0 Å². The summed E-state index contributed by atoms with van der Waals surface area (Å²) in [5.74, 6) is 0. The summed E-state index contributed by atoms with van der Waals surface area (Å²) in [4.78, 5) is 1.75. The van der Waals surface area contributed by atoms with E-state index in [0.717, 1.165) is 0 Å². The molecule has 0 radical (unpaired) electrons. The van der Waals surface area contributed by atoms with Crippen LogP contribution in [0.4, 0.5) is 0 Å². The fourth-order valence-electron chi connectivity index (χ4n) is 0.882. The predicted molar refractivity (Wildman–Crippen MR) is 60.9 cm³/mol. The lowest BCUT2D eigenvalue weighted by Crippen LogP contribution is -2.36. The van der Waals surface area contributed by atoms with Crippen LogP contribution >= 0.6 is 0 Å². The van der Waals surface area contributed by atoms with Crippen molar-refractivity contribution in [2.75, 3.05) is 0 Å². The van der Waals surface area contributed by atoms with Crippen molar-refractivity contribution in [3.8, 4) is 0 Å². The fourth-order valence-corrected chi connectivity index (χ4v) is 0.882. The summed E-state index contributed by atoms with van der Waals surface area (Å²) in [6, 6.07) is 0. The molecule has 0 N–H and O–H groups in total. The number of hydrogen-bond acceptors (Lipinski definition) is 2. The fraction of sp³-hybridized carbons (Fsp3) is 0.400. The molecule has 0 aliphatic rings. The molecular weight excluding hydrogens is 204 g/mol. The Labute approximate surface area is 96.0 Å². The van der Waals surface area contributed by atoms with Gasteiger partial charge in [0.2, 0.25) is 12.5 Å². The first-order valence-electron chi connectivity index (χ1n) is 4.49. The second-order valence-corrected chi connectivity index (χ2v) is 3.05. The van der Waals surface area contributed by atoms with Gasteiger partial charge in [-0.25, -0.2) is 4.57 Å². The third-order valence-corrected chi connectivity index (χ3v) is 1.83. The Morgan fingerprint density at radius 1 is 1.31 bits per heavy atom. The standard InChI is InChI=1S/C5H8N3.C4H8N3.CH4/c1-3-8-5-7(2)4-6-8;1-6-4-3-5-7(6)2;/h3-5H,1H2,2H3;3-4H,1-2H3;1H4/q2*+1;. The minimum Gasteiger partial charge on any atom is -0.240 e. The third kappa shape index (κ3) is 4.04. The molecule has 0 unspecified atom stereocenters. The van der Waals surface area contributed by atoms with Crippen molar-refractivity contribution >= 4 is 6.20 Å². The van der Waals surface area contributed by atoms with Crippen LogP contribution in [0.1, 0.15) is 7.43 Å². The van der Waals surface area contributed by atoms with Gasteiger partial charge in [0.15, 0.2) is 6.20 Å². The smallest absolute Gasteiger partial charge is 0.240 e. The molecule has 16 heavy (non-hydrogen) atoms. The molecule has 88 valence electrons. The lowest BCUT2D eigenvalue weighted by molar-refractivity contribution is -0.755. The van der Waals surface area contributed by atoms with Crippen molar-refractivity contribution in [2.24, 2.45) is 21.1 Å². The Morgan fingerprint density at radius 3 is 2.19 bits per heavy atom. The summed E-state index contributed by atoms with van der Waals surface area (Å²) in [5, 5.41) is 7.79. The number of aryl methyl sites for hydroxylation is 3. The van der Waals surface area contributed by atoms with E-state index in [1.807, 2.05) is 42.9 Å². The first-order valence-corrected chi connectivity index (χ1v) is 4.49. The van der Waals surface area contributed by atoms with Gasteiger partial charge in [-0.05, 0) is 4.80 Å². The average Bonchev–Trinajstić information content (AvgIpc) is 2.78. The van der Waals surface area contributed by atoms with E-state index in [-0.39, 0.29) is 7.43 Å². The van der Waals surface area contributed by atoms with Gasteiger partial charge in [-0.3, -0.25) is 0 Å². The van der Waals surface area contributed by atoms with Crippen LogP contribution in [0.2, 0.25) is 0 Å². The highest BCUT2D eigenvalue weighted by Gasteiger charge is 1.93. The Bertz CT molecular complexity index is 411. The molecule has 2 rings (SSSR count). The Morgan fingerprint density at radius 2 is 2.00 bits per heavy atom. The second-order valence-electron chi connectivity index (χ2n) is 3.05. The predicted octanol–water partition coefficient (Wildman–Crippen LogP) is -0.311. The van der Waals surface area contributed by atoms with Gasteiger partial charge in [0.05, 0.1) is 20.3 Å². The lowest BCUT2D eigenvalue weighted by atomic mass is 10.9. The summed E-state index contributed by atoms with van der Waals surface area (Å²) in [6.45, 7) is 3.53. The first kappa shape index (κ1) is 14.0. The van der Waals surface area contributed by atoms with Crippen LogP contribution in [-0.4, -0.2) is 19.7 Å². The maximum Gasteiger partial charge on any atom is 0.265 e. The Hall–Kier alpha value is -1.98. The highest BCUT2D eigenvalue weighted by Crippen LogP contribution is 1.72. The molecule has 6 heteroatoms. The van der Waals surface area contributed by atoms with E-state index in [1.54, 1.807) is 28.2 Å². The molecule has 0 aliphatic heterocycles. The lowest BCUT2D eigenvalue weighted by Gasteiger charge is -1.80. The minimum atomic E-state index is 0. The topological polar surface area (TPSA) is 43.4 Å². The van der Waals surface area contributed by atoms with Crippen LogP contribution in [0, 0.1) is 0 Å². The van der Waals surface area contributed by atoms with Gasteiger partial charge < -0.3 is 0 Å². The van der Waals surface area contributed by atoms with Crippen LogP contribution < -0.4 is 9.25 Å². The molecule has 2 aromatic heterocycles. The summed E-state index contributed by atoms with van der Waals surface area (Å²) in [7, 11) is 5.74. The monoisotopic (exact) mass is 224 g/mol.